The van der Waals surface area contributed by atoms with Gasteiger partial charge < -0.3 is 9.88 Å². The number of nitrogens with zero attached hydrogens (tertiary/aromatic N) is 1. The van der Waals surface area contributed by atoms with Crippen molar-refractivity contribution >= 4 is 23.2 Å². The smallest absolute Gasteiger partial charge is 0.255 e. The van der Waals surface area contributed by atoms with Crippen LogP contribution in [-0.2, 0) is 7.05 Å². The van der Waals surface area contributed by atoms with Crippen molar-refractivity contribution in [1.82, 2.24) is 4.57 Å². The van der Waals surface area contributed by atoms with Gasteiger partial charge in [0.2, 0.25) is 5.56 Å². The van der Waals surface area contributed by atoms with E-state index in [1.54, 1.807) is 43.6 Å². The second kappa shape index (κ2) is 5.06. The predicted molar refractivity (Wildman–Crippen MR) is 71.1 cm³/mol. The van der Waals surface area contributed by atoms with Gasteiger partial charge in [-0.3, -0.25) is 9.59 Å². The largest absolute Gasteiger partial charge is 0.321 e. The Bertz CT molecular complexity index is 649. The molecular formula is C13H11ClN2O2. The number of rotatable bonds is 2. The number of hydrogen-bond acceptors (Lipinski definition) is 2. The molecule has 0 fully saturated rings. The van der Waals surface area contributed by atoms with Crippen LogP contribution in [0.5, 0.6) is 0 Å². The highest BCUT2D eigenvalue weighted by atomic mass is 35.5. The topological polar surface area (TPSA) is 51.1 Å². The number of aromatic nitrogens is 1. The maximum absolute atomic E-state index is 11.9. The number of nitrogens with one attached hydrogen (secondary N) is 1. The standard InChI is InChI=1S/C13H11ClN2O2/c1-16-8-11(5-6-12(16)17)15-13(18)9-3-2-4-10(14)7-9/h2-8H,1H3,(H,15,18). The van der Waals surface area contributed by atoms with E-state index in [4.69, 9.17) is 11.6 Å². The first-order chi connectivity index (χ1) is 8.56. The van der Waals surface area contributed by atoms with Crippen molar-refractivity contribution in [3.63, 3.8) is 0 Å². The highest BCUT2D eigenvalue weighted by molar-refractivity contribution is 6.31. The molecule has 1 amide bonds. The molecule has 0 aliphatic carbocycles. The Morgan fingerprint density at radius 3 is 2.72 bits per heavy atom. The summed E-state index contributed by atoms with van der Waals surface area (Å²) < 4.78 is 1.40. The minimum atomic E-state index is -0.267. The van der Waals surface area contributed by atoms with Crippen LogP contribution >= 0.6 is 11.6 Å². The summed E-state index contributed by atoms with van der Waals surface area (Å²) in [6.45, 7) is 0. The van der Waals surface area contributed by atoms with E-state index in [2.05, 4.69) is 5.32 Å². The van der Waals surface area contributed by atoms with E-state index in [-0.39, 0.29) is 11.5 Å². The van der Waals surface area contributed by atoms with Gasteiger partial charge in [-0.1, -0.05) is 17.7 Å². The van der Waals surface area contributed by atoms with Crippen LogP contribution in [0.2, 0.25) is 5.02 Å². The number of aryl methyl sites for hydroxylation is 1. The second-order valence-electron chi connectivity index (χ2n) is 3.83. The summed E-state index contributed by atoms with van der Waals surface area (Å²) in [6, 6.07) is 9.61. The lowest BCUT2D eigenvalue weighted by atomic mass is 10.2. The van der Waals surface area contributed by atoms with Crippen LogP contribution in [0, 0.1) is 0 Å². The van der Waals surface area contributed by atoms with Crippen LogP contribution in [-0.4, -0.2) is 10.5 Å². The van der Waals surface area contributed by atoms with E-state index >= 15 is 0 Å². The average molecular weight is 263 g/mol. The van der Waals surface area contributed by atoms with Crippen molar-refractivity contribution in [3.8, 4) is 0 Å². The number of hydrogen-bond donors (Lipinski definition) is 1. The number of carbonyl (C=O) groups excluding carboxylic acids is 1. The number of halogens is 1. The molecule has 18 heavy (non-hydrogen) atoms. The molecule has 0 unspecified atom stereocenters. The fraction of sp³-hybridized carbons (Fsp3) is 0.0769. The summed E-state index contributed by atoms with van der Waals surface area (Å²) in [5.41, 5.74) is 0.897. The average Bonchev–Trinajstić information content (AvgIpc) is 2.34. The molecule has 0 radical (unpaired) electrons. The summed E-state index contributed by atoms with van der Waals surface area (Å²) in [5.74, 6) is -0.267. The maximum Gasteiger partial charge on any atom is 0.255 e. The lowest BCUT2D eigenvalue weighted by molar-refractivity contribution is 0.102. The molecule has 2 rings (SSSR count). The zero-order valence-corrected chi connectivity index (χ0v) is 10.4. The third kappa shape index (κ3) is 2.78. The summed E-state index contributed by atoms with van der Waals surface area (Å²) in [4.78, 5) is 23.1. The van der Waals surface area contributed by atoms with Gasteiger partial charge in [0.1, 0.15) is 0 Å². The Labute approximate surface area is 109 Å². The number of benzene rings is 1. The van der Waals surface area contributed by atoms with Crippen LogP contribution in [0.3, 0.4) is 0 Å². The van der Waals surface area contributed by atoms with Crippen LogP contribution < -0.4 is 10.9 Å². The first-order valence-corrected chi connectivity index (χ1v) is 5.67. The van der Waals surface area contributed by atoms with Gasteiger partial charge in [0.25, 0.3) is 5.91 Å². The molecule has 0 saturated heterocycles. The number of carbonyl (C=O) groups is 1. The van der Waals surface area contributed by atoms with Gasteiger partial charge in [0, 0.05) is 29.9 Å². The van der Waals surface area contributed by atoms with Crippen molar-refractivity contribution in [2.75, 3.05) is 5.32 Å². The van der Waals surface area contributed by atoms with Crippen LogP contribution in [0.15, 0.2) is 47.4 Å². The molecule has 1 heterocycles. The van der Waals surface area contributed by atoms with E-state index in [0.717, 1.165) is 0 Å². The molecule has 5 heteroatoms. The molecule has 0 aliphatic rings. The van der Waals surface area contributed by atoms with Gasteiger partial charge in [-0.2, -0.15) is 0 Å². The molecule has 0 bridgehead atoms. The molecule has 1 aromatic carbocycles. The van der Waals surface area contributed by atoms with Crippen LogP contribution in [0.1, 0.15) is 10.4 Å². The molecule has 92 valence electrons. The van der Waals surface area contributed by atoms with Crippen molar-refractivity contribution in [1.29, 1.82) is 0 Å². The lowest BCUT2D eigenvalue weighted by Crippen LogP contribution is -2.17. The molecule has 0 atom stereocenters. The normalized spacial score (nSPS) is 10.1. The van der Waals surface area contributed by atoms with E-state index in [1.807, 2.05) is 0 Å². The zero-order chi connectivity index (χ0) is 13.1. The molecule has 0 spiro atoms. The number of anilines is 1. The third-order valence-corrected chi connectivity index (χ3v) is 2.67. The summed E-state index contributed by atoms with van der Waals surface area (Å²) >= 11 is 5.81. The Balaban J connectivity index is 2.21. The molecule has 0 saturated carbocycles. The molecule has 1 aromatic heterocycles. The summed E-state index contributed by atoms with van der Waals surface area (Å²) in [5, 5.41) is 3.20. The summed E-state index contributed by atoms with van der Waals surface area (Å²) in [7, 11) is 1.62. The van der Waals surface area contributed by atoms with E-state index in [0.29, 0.717) is 16.3 Å². The van der Waals surface area contributed by atoms with E-state index < -0.39 is 0 Å². The van der Waals surface area contributed by atoms with Crippen LogP contribution in [0.4, 0.5) is 5.69 Å². The van der Waals surface area contributed by atoms with Gasteiger partial charge in [0.05, 0.1) is 5.69 Å². The monoisotopic (exact) mass is 262 g/mol. The van der Waals surface area contributed by atoms with Crippen LogP contribution in [0.25, 0.3) is 0 Å². The third-order valence-electron chi connectivity index (χ3n) is 2.43. The highest BCUT2D eigenvalue weighted by Crippen LogP contribution is 2.12. The van der Waals surface area contributed by atoms with E-state index in [9.17, 15) is 9.59 Å². The number of pyridine rings is 1. The van der Waals surface area contributed by atoms with Crippen molar-refractivity contribution < 1.29 is 4.79 Å². The maximum atomic E-state index is 11.9. The van der Waals surface area contributed by atoms with Gasteiger partial charge >= 0.3 is 0 Å². The molecule has 1 N–H and O–H groups in total. The molecular weight excluding hydrogens is 252 g/mol. The molecule has 4 nitrogen and oxygen atoms in total. The first-order valence-electron chi connectivity index (χ1n) is 5.30. The Hall–Kier alpha value is -2.07. The van der Waals surface area contributed by atoms with Gasteiger partial charge in [-0.15, -0.1) is 0 Å². The van der Waals surface area contributed by atoms with Gasteiger partial charge in [0.15, 0.2) is 0 Å². The minimum Gasteiger partial charge on any atom is -0.321 e. The second-order valence-corrected chi connectivity index (χ2v) is 4.27. The van der Waals surface area contributed by atoms with E-state index in [1.165, 1.54) is 10.6 Å². The quantitative estimate of drug-likeness (QED) is 0.903. The fourth-order valence-corrected chi connectivity index (χ4v) is 1.69. The Kier molecular flexibility index (Phi) is 3.48. The fourth-order valence-electron chi connectivity index (χ4n) is 1.50. The molecule has 2 aromatic rings. The molecule has 0 aliphatic heterocycles. The van der Waals surface area contributed by atoms with Gasteiger partial charge in [-0.25, -0.2) is 0 Å². The predicted octanol–water partition coefficient (Wildman–Crippen LogP) is 2.29. The minimum absolute atomic E-state index is 0.129. The number of amides is 1. The summed E-state index contributed by atoms with van der Waals surface area (Å²) in [6.07, 6.45) is 1.56. The van der Waals surface area contributed by atoms with Crippen molar-refractivity contribution in [2.45, 2.75) is 0 Å². The Morgan fingerprint density at radius 1 is 1.28 bits per heavy atom. The van der Waals surface area contributed by atoms with Crippen molar-refractivity contribution in [3.05, 3.63) is 63.5 Å². The van der Waals surface area contributed by atoms with Gasteiger partial charge in [-0.05, 0) is 24.3 Å². The van der Waals surface area contributed by atoms with Crippen molar-refractivity contribution in [2.24, 2.45) is 7.05 Å². The Morgan fingerprint density at radius 2 is 2.06 bits per heavy atom. The lowest BCUT2D eigenvalue weighted by Gasteiger charge is -2.06. The first kappa shape index (κ1) is 12.4. The zero-order valence-electron chi connectivity index (χ0n) is 9.68. The SMILES string of the molecule is Cn1cc(NC(=O)c2cccc(Cl)c2)ccc1=O. The highest BCUT2D eigenvalue weighted by Gasteiger charge is 2.06.